The van der Waals surface area contributed by atoms with Crippen LogP contribution in [0.1, 0.15) is 11.1 Å². The fraction of sp³-hybridized carbons (Fsp3) is 0.375. The van der Waals surface area contributed by atoms with Crippen LogP contribution < -0.4 is 40.0 Å². The molecular weight excluding hydrogens is 293 g/mol. The van der Waals surface area contributed by atoms with Gasteiger partial charge in [0.1, 0.15) is 11.1 Å². The van der Waals surface area contributed by atoms with Gasteiger partial charge in [0.15, 0.2) is 0 Å². The molecule has 0 aliphatic carbocycles. The zero-order valence-electron chi connectivity index (χ0n) is 9.32. The zero-order valence-corrected chi connectivity index (χ0v) is 13.0. The quantitative estimate of drug-likeness (QED) is 0.428. The van der Waals surface area contributed by atoms with Crippen LogP contribution in [0.15, 0.2) is 21.6 Å². The second-order valence-electron chi connectivity index (χ2n) is 3.38. The van der Waals surface area contributed by atoms with Gasteiger partial charge in [-0.25, -0.2) is 0 Å². The first-order valence-electron chi connectivity index (χ1n) is 4.53. The molecule has 1 aliphatic heterocycles. The molecule has 94 valence electrons. The van der Waals surface area contributed by atoms with Crippen molar-refractivity contribution in [3.8, 4) is 0 Å². The topological polar surface area (TPSA) is 120 Å². The summed E-state index contributed by atoms with van der Waals surface area (Å²) in [7, 11) is -4.37. The Kier molecular flexibility index (Phi) is 5.30. The molecule has 2 atom stereocenters. The predicted octanol–water partition coefficient (Wildman–Crippen LogP) is -4.02. The summed E-state index contributed by atoms with van der Waals surface area (Å²) in [5, 5.41) is 12.3. The second-order valence-corrected chi connectivity index (χ2v) is 5.87. The van der Waals surface area contributed by atoms with Gasteiger partial charge in [-0.15, -0.1) is 11.8 Å². The van der Waals surface area contributed by atoms with Gasteiger partial charge in [-0.1, -0.05) is 0 Å². The molecule has 0 saturated carbocycles. The van der Waals surface area contributed by atoms with Gasteiger partial charge in [-0.3, -0.25) is 9.87 Å². The zero-order chi connectivity index (χ0) is 12.6. The Morgan fingerprint density at radius 3 is 2.67 bits per heavy atom. The molecule has 0 radical (unpaired) electrons. The molecule has 18 heavy (non-hydrogen) atoms. The molecule has 2 heterocycles. The summed E-state index contributed by atoms with van der Waals surface area (Å²) in [5.74, 6) is -0.678. The smallest absolute Gasteiger partial charge is 0.548 e. The van der Waals surface area contributed by atoms with Crippen LogP contribution in [0.4, 0.5) is 0 Å². The van der Waals surface area contributed by atoms with Gasteiger partial charge < -0.3 is 14.3 Å². The van der Waals surface area contributed by atoms with E-state index in [1.165, 1.54) is 17.8 Å². The van der Waals surface area contributed by atoms with Gasteiger partial charge >= 0.3 is 39.7 Å². The standard InChI is InChI=1S/C8H9NO6S2.Na/c10-8(11)4-3-16-7(9-4)5-1-2-6(15-5)17(12,13)14;/h1-2,4,7,9H,3H2,(H,10,11)(H,12,13,14);/q;+1/p-1. The van der Waals surface area contributed by atoms with Gasteiger partial charge in [-0.2, -0.15) is 8.42 Å². The molecule has 0 spiro atoms. The van der Waals surface area contributed by atoms with Crippen LogP contribution in [0.25, 0.3) is 0 Å². The van der Waals surface area contributed by atoms with Crippen LogP contribution in [-0.2, 0) is 14.9 Å². The van der Waals surface area contributed by atoms with Crippen LogP contribution >= 0.6 is 11.8 Å². The van der Waals surface area contributed by atoms with Crippen LogP contribution in [0.2, 0.25) is 0 Å². The summed E-state index contributed by atoms with van der Waals surface area (Å²) in [6.07, 6.45) is 0. The van der Waals surface area contributed by atoms with Gasteiger partial charge in [0.2, 0.25) is 5.09 Å². The van der Waals surface area contributed by atoms with Crippen LogP contribution in [0.5, 0.6) is 0 Å². The third-order valence-corrected chi connectivity index (χ3v) is 4.14. The molecule has 0 aromatic carbocycles. The number of nitrogens with one attached hydrogen (secondary N) is 1. The monoisotopic (exact) mass is 301 g/mol. The maximum absolute atomic E-state index is 10.8. The Morgan fingerprint density at radius 1 is 1.56 bits per heavy atom. The van der Waals surface area contributed by atoms with Crippen molar-refractivity contribution in [1.29, 1.82) is 0 Å². The van der Waals surface area contributed by atoms with Crippen LogP contribution in [0, 0.1) is 0 Å². The first-order chi connectivity index (χ1) is 7.88. The minimum absolute atomic E-state index is 0. The van der Waals surface area contributed by atoms with Crippen molar-refractivity contribution >= 4 is 27.8 Å². The van der Waals surface area contributed by atoms with Crippen molar-refractivity contribution in [3.63, 3.8) is 0 Å². The molecule has 2 N–H and O–H groups in total. The van der Waals surface area contributed by atoms with Crippen molar-refractivity contribution < 1.29 is 56.8 Å². The molecule has 1 fully saturated rings. The number of carboxylic acids is 1. The van der Waals surface area contributed by atoms with E-state index in [1.54, 1.807) is 0 Å². The number of carbonyl (C=O) groups excluding carboxylic acids is 1. The molecule has 1 aromatic heterocycles. The van der Waals surface area contributed by atoms with E-state index in [4.69, 9.17) is 8.97 Å². The van der Waals surface area contributed by atoms with Crippen molar-refractivity contribution in [1.82, 2.24) is 5.32 Å². The van der Waals surface area contributed by atoms with Gasteiger partial charge in [0, 0.05) is 5.75 Å². The fourth-order valence-electron chi connectivity index (χ4n) is 1.39. The van der Waals surface area contributed by atoms with Gasteiger partial charge in [0.05, 0.1) is 12.0 Å². The minimum Gasteiger partial charge on any atom is -0.548 e. The number of furan rings is 1. The van der Waals surface area contributed by atoms with E-state index in [0.717, 1.165) is 6.07 Å². The van der Waals surface area contributed by atoms with E-state index in [0.29, 0.717) is 5.75 Å². The molecule has 0 amide bonds. The Bertz CT molecular complexity index is 542. The van der Waals surface area contributed by atoms with E-state index in [9.17, 15) is 18.3 Å². The summed E-state index contributed by atoms with van der Waals surface area (Å²) in [5.41, 5.74) is 0. The molecule has 1 aliphatic rings. The summed E-state index contributed by atoms with van der Waals surface area (Å²) in [4.78, 5) is 10.6. The third kappa shape index (κ3) is 3.50. The summed E-state index contributed by atoms with van der Waals surface area (Å²) in [6.45, 7) is 0. The average molecular weight is 301 g/mol. The largest absolute Gasteiger partial charge is 1.00 e. The number of rotatable bonds is 3. The Balaban J connectivity index is 0.00000162. The van der Waals surface area contributed by atoms with Gasteiger partial charge in [0.25, 0.3) is 0 Å². The van der Waals surface area contributed by atoms with Crippen LogP contribution in [-0.4, -0.2) is 30.7 Å². The number of thioether (sulfide) groups is 1. The second kappa shape index (κ2) is 5.95. The maximum atomic E-state index is 10.8. The van der Waals surface area contributed by atoms with E-state index >= 15 is 0 Å². The van der Waals surface area contributed by atoms with Crippen LogP contribution in [0.3, 0.4) is 0 Å². The van der Waals surface area contributed by atoms with E-state index in [2.05, 4.69) is 5.32 Å². The molecular formula is C8H8NNaO6S2. The number of hydrogen-bond donors (Lipinski definition) is 2. The fourth-order valence-corrected chi connectivity index (χ4v) is 3.00. The van der Waals surface area contributed by atoms with Crippen molar-refractivity contribution in [2.24, 2.45) is 0 Å². The van der Waals surface area contributed by atoms with E-state index < -0.39 is 32.6 Å². The van der Waals surface area contributed by atoms with E-state index in [1.807, 2.05) is 0 Å². The Labute approximate surface area is 129 Å². The molecule has 7 nitrogen and oxygen atoms in total. The average Bonchev–Trinajstić information content (AvgIpc) is 2.85. The molecule has 1 aromatic rings. The number of aliphatic carboxylic acids is 1. The van der Waals surface area contributed by atoms with E-state index in [-0.39, 0.29) is 35.3 Å². The van der Waals surface area contributed by atoms with Crippen molar-refractivity contribution in [2.75, 3.05) is 5.75 Å². The molecule has 2 rings (SSSR count). The number of carboxylic acid groups (broad SMARTS) is 1. The predicted molar refractivity (Wildman–Crippen MR) is 55.7 cm³/mol. The maximum Gasteiger partial charge on any atom is 1.00 e. The Hall–Kier alpha value is -0.0300. The summed E-state index contributed by atoms with van der Waals surface area (Å²) in [6, 6.07) is 1.68. The summed E-state index contributed by atoms with van der Waals surface area (Å²) >= 11 is 1.25. The van der Waals surface area contributed by atoms with Crippen molar-refractivity contribution in [3.05, 3.63) is 17.9 Å². The molecule has 10 heteroatoms. The first-order valence-corrected chi connectivity index (χ1v) is 7.02. The minimum atomic E-state index is -4.37. The SMILES string of the molecule is O=C([O-])C1CSC(c2ccc(S(=O)(=O)O)o2)N1.[Na+]. The third-order valence-electron chi connectivity index (χ3n) is 2.18. The van der Waals surface area contributed by atoms with Gasteiger partial charge in [-0.05, 0) is 12.1 Å². The first kappa shape index (κ1) is 16.0. The number of hydrogen-bond acceptors (Lipinski definition) is 7. The molecule has 0 bridgehead atoms. The number of carbonyl (C=O) groups is 1. The molecule has 2 unspecified atom stereocenters. The molecule has 1 saturated heterocycles. The normalized spacial score (nSPS) is 23.6. The summed E-state index contributed by atoms with van der Waals surface area (Å²) < 4.78 is 35.2. The Morgan fingerprint density at radius 2 is 2.22 bits per heavy atom. The van der Waals surface area contributed by atoms with Crippen molar-refractivity contribution in [2.45, 2.75) is 16.5 Å².